The van der Waals surface area contributed by atoms with E-state index in [4.69, 9.17) is 0 Å². The second kappa shape index (κ2) is 9.24. The van der Waals surface area contributed by atoms with Crippen LogP contribution in [0.25, 0.3) is 0 Å². The molecule has 1 nitrogen and oxygen atoms in total. The Hall–Kier alpha value is -0.850. The molecule has 13 heavy (non-hydrogen) atoms. The molecule has 0 amide bonds. The van der Waals surface area contributed by atoms with Crippen LogP contribution in [-0.2, 0) is 4.79 Å². The van der Waals surface area contributed by atoms with Gasteiger partial charge < -0.3 is 0 Å². The van der Waals surface area contributed by atoms with Crippen molar-refractivity contribution >= 4 is 5.78 Å². The highest BCUT2D eigenvalue weighted by molar-refractivity contribution is 5.98. The standard InChI is InChI=1S/C12H20O/c1-3-5-6-7-8-9-10-11-12(13)4-2/h4,10-11H,2-3,5-9H2,1H3/b11-10-. The lowest BCUT2D eigenvalue weighted by Gasteiger charge is -1.95. The van der Waals surface area contributed by atoms with Gasteiger partial charge in [-0.15, -0.1) is 0 Å². The first-order valence-electron chi connectivity index (χ1n) is 5.14. The van der Waals surface area contributed by atoms with Gasteiger partial charge in [-0.3, -0.25) is 4.79 Å². The molecule has 0 saturated heterocycles. The van der Waals surface area contributed by atoms with E-state index >= 15 is 0 Å². The Morgan fingerprint density at radius 2 is 1.92 bits per heavy atom. The molecule has 0 radical (unpaired) electrons. The van der Waals surface area contributed by atoms with Gasteiger partial charge >= 0.3 is 0 Å². The van der Waals surface area contributed by atoms with E-state index in [0.717, 1.165) is 6.42 Å². The molecule has 74 valence electrons. The molecule has 0 spiro atoms. The fourth-order valence-electron chi connectivity index (χ4n) is 1.13. The van der Waals surface area contributed by atoms with Gasteiger partial charge in [0.25, 0.3) is 0 Å². The molecule has 0 heterocycles. The van der Waals surface area contributed by atoms with E-state index in [1.807, 2.05) is 6.08 Å². The number of allylic oxidation sites excluding steroid dienone is 3. The summed E-state index contributed by atoms with van der Waals surface area (Å²) in [5.41, 5.74) is 0. The van der Waals surface area contributed by atoms with E-state index in [-0.39, 0.29) is 5.78 Å². The second-order valence-corrected chi connectivity index (χ2v) is 3.21. The van der Waals surface area contributed by atoms with Gasteiger partial charge in [-0.1, -0.05) is 45.3 Å². The molecule has 0 aliphatic carbocycles. The summed E-state index contributed by atoms with van der Waals surface area (Å²) >= 11 is 0. The minimum absolute atomic E-state index is 0.00792. The summed E-state index contributed by atoms with van der Waals surface area (Å²) < 4.78 is 0. The highest BCUT2D eigenvalue weighted by Crippen LogP contribution is 2.05. The molecule has 1 heteroatoms. The molecule has 0 aromatic carbocycles. The molecule has 0 bridgehead atoms. The first-order valence-corrected chi connectivity index (χ1v) is 5.14. The molecule has 0 rings (SSSR count). The number of unbranched alkanes of at least 4 members (excludes halogenated alkanes) is 5. The molecule has 0 atom stereocenters. The van der Waals surface area contributed by atoms with E-state index in [2.05, 4.69) is 13.5 Å². The highest BCUT2D eigenvalue weighted by Gasteiger charge is 1.87. The van der Waals surface area contributed by atoms with Crippen molar-refractivity contribution in [2.45, 2.75) is 45.4 Å². The summed E-state index contributed by atoms with van der Waals surface area (Å²) in [6.07, 6.45) is 12.3. The average Bonchev–Trinajstić information content (AvgIpc) is 2.16. The lowest BCUT2D eigenvalue weighted by molar-refractivity contribution is -0.110. The van der Waals surface area contributed by atoms with Crippen LogP contribution in [0.4, 0.5) is 0 Å². The number of carbonyl (C=O) groups excluding carboxylic acids is 1. The maximum absolute atomic E-state index is 10.7. The van der Waals surface area contributed by atoms with Crippen LogP contribution in [0.3, 0.4) is 0 Å². The molecule has 0 saturated carbocycles. The van der Waals surface area contributed by atoms with Crippen molar-refractivity contribution in [2.24, 2.45) is 0 Å². The van der Waals surface area contributed by atoms with Gasteiger partial charge in [0.15, 0.2) is 5.78 Å². The Balaban J connectivity index is 3.20. The molecule has 0 aliphatic heterocycles. The average molecular weight is 180 g/mol. The maximum Gasteiger partial charge on any atom is 0.177 e. The Bertz CT molecular complexity index is 168. The zero-order valence-corrected chi connectivity index (χ0v) is 8.59. The molecule has 0 aromatic rings. The molecule has 0 aliphatic rings. The predicted molar refractivity (Wildman–Crippen MR) is 57.7 cm³/mol. The van der Waals surface area contributed by atoms with Crippen LogP contribution in [0.15, 0.2) is 24.8 Å². The van der Waals surface area contributed by atoms with Crippen molar-refractivity contribution in [1.29, 1.82) is 0 Å². The van der Waals surface area contributed by atoms with Crippen molar-refractivity contribution in [3.05, 3.63) is 24.8 Å². The van der Waals surface area contributed by atoms with Crippen LogP contribution in [0.2, 0.25) is 0 Å². The molecular weight excluding hydrogens is 160 g/mol. The van der Waals surface area contributed by atoms with Gasteiger partial charge in [-0.05, 0) is 25.0 Å². The van der Waals surface area contributed by atoms with Crippen LogP contribution in [0, 0.1) is 0 Å². The molecule has 0 aromatic heterocycles. The summed E-state index contributed by atoms with van der Waals surface area (Å²) in [4.78, 5) is 10.7. The van der Waals surface area contributed by atoms with Gasteiger partial charge in [-0.25, -0.2) is 0 Å². The molecule has 0 fully saturated rings. The van der Waals surface area contributed by atoms with Crippen molar-refractivity contribution in [2.75, 3.05) is 0 Å². The number of ketones is 1. The van der Waals surface area contributed by atoms with Gasteiger partial charge in [0.2, 0.25) is 0 Å². The first-order chi connectivity index (χ1) is 6.31. The van der Waals surface area contributed by atoms with Gasteiger partial charge in [0.1, 0.15) is 0 Å². The lowest BCUT2D eigenvalue weighted by atomic mass is 10.1. The Labute approximate surface area is 81.5 Å². The van der Waals surface area contributed by atoms with Crippen LogP contribution in [0.1, 0.15) is 45.4 Å². The fourth-order valence-corrected chi connectivity index (χ4v) is 1.13. The van der Waals surface area contributed by atoms with Gasteiger partial charge in [0, 0.05) is 0 Å². The fraction of sp³-hybridized carbons (Fsp3) is 0.583. The third kappa shape index (κ3) is 9.06. The number of hydrogen-bond donors (Lipinski definition) is 0. The minimum Gasteiger partial charge on any atom is -0.290 e. The predicted octanol–water partition coefficient (Wildman–Crippen LogP) is 3.66. The quantitative estimate of drug-likeness (QED) is 0.411. The SMILES string of the molecule is C=CC(=O)/C=C\CCCCCCC. The highest BCUT2D eigenvalue weighted by atomic mass is 16.1. The topological polar surface area (TPSA) is 17.1 Å². The Kier molecular flexibility index (Phi) is 8.64. The summed E-state index contributed by atoms with van der Waals surface area (Å²) in [5, 5.41) is 0. The smallest absolute Gasteiger partial charge is 0.177 e. The number of hydrogen-bond acceptors (Lipinski definition) is 1. The Morgan fingerprint density at radius 3 is 2.54 bits per heavy atom. The molecule has 0 unspecified atom stereocenters. The molecule has 0 N–H and O–H groups in total. The van der Waals surface area contributed by atoms with E-state index < -0.39 is 0 Å². The van der Waals surface area contributed by atoms with Crippen molar-refractivity contribution in [3.8, 4) is 0 Å². The summed E-state index contributed by atoms with van der Waals surface area (Å²) in [6.45, 7) is 5.61. The normalized spacial score (nSPS) is 10.5. The van der Waals surface area contributed by atoms with E-state index in [1.165, 1.54) is 38.2 Å². The lowest BCUT2D eigenvalue weighted by Crippen LogP contribution is -1.82. The number of carbonyl (C=O) groups is 1. The van der Waals surface area contributed by atoms with E-state index in [1.54, 1.807) is 6.08 Å². The van der Waals surface area contributed by atoms with Crippen LogP contribution in [0.5, 0.6) is 0 Å². The first kappa shape index (κ1) is 12.2. The van der Waals surface area contributed by atoms with E-state index in [9.17, 15) is 4.79 Å². The summed E-state index contributed by atoms with van der Waals surface area (Å²) in [6, 6.07) is 0. The maximum atomic E-state index is 10.7. The van der Waals surface area contributed by atoms with Crippen molar-refractivity contribution < 1.29 is 4.79 Å². The van der Waals surface area contributed by atoms with Crippen LogP contribution < -0.4 is 0 Å². The monoisotopic (exact) mass is 180 g/mol. The van der Waals surface area contributed by atoms with Crippen molar-refractivity contribution in [1.82, 2.24) is 0 Å². The van der Waals surface area contributed by atoms with Crippen LogP contribution >= 0.6 is 0 Å². The van der Waals surface area contributed by atoms with Gasteiger partial charge in [0.05, 0.1) is 0 Å². The van der Waals surface area contributed by atoms with Crippen LogP contribution in [-0.4, -0.2) is 5.78 Å². The molecular formula is C12H20O. The second-order valence-electron chi connectivity index (χ2n) is 3.21. The third-order valence-corrected chi connectivity index (χ3v) is 1.96. The minimum atomic E-state index is 0.00792. The van der Waals surface area contributed by atoms with E-state index in [0.29, 0.717) is 0 Å². The zero-order valence-electron chi connectivity index (χ0n) is 8.59. The van der Waals surface area contributed by atoms with Gasteiger partial charge in [-0.2, -0.15) is 0 Å². The zero-order chi connectivity index (χ0) is 9.94. The number of rotatable bonds is 8. The Morgan fingerprint density at radius 1 is 1.23 bits per heavy atom. The van der Waals surface area contributed by atoms with Crippen molar-refractivity contribution in [3.63, 3.8) is 0 Å². The largest absolute Gasteiger partial charge is 0.290 e. The third-order valence-electron chi connectivity index (χ3n) is 1.96. The summed E-state index contributed by atoms with van der Waals surface area (Å²) in [7, 11) is 0. The summed E-state index contributed by atoms with van der Waals surface area (Å²) in [5.74, 6) is 0.00792.